The van der Waals surface area contributed by atoms with Crippen LogP contribution in [0.3, 0.4) is 0 Å². The average Bonchev–Trinajstić information content (AvgIpc) is 2.44. The van der Waals surface area contributed by atoms with E-state index in [2.05, 4.69) is 0 Å². The third-order valence-electron chi connectivity index (χ3n) is 3.62. The Morgan fingerprint density at radius 1 is 0.750 bits per heavy atom. The summed E-state index contributed by atoms with van der Waals surface area (Å²) >= 11 is 0. The number of rotatable bonds is 2. The minimum absolute atomic E-state index is 0.0696. The van der Waals surface area contributed by atoms with Crippen molar-refractivity contribution in [3.63, 3.8) is 0 Å². The smallest absolute Gasteiger partial charge is 0.282 e. The predicted molar refractivity (Wildman–Crippen MR) is 75.7 cm³/mol. The van der Waals surface area contributed by atoms with Crippen LogP contribution < -0.4 is 0 Å². The van der Waals surface area contributed by atoms with E-state index in [1.807, 2.05) is 0 Å². The van der Waals surface area contributed by atoms with E-state index >= 15 is 0 Å². The molecule has 0 aliphatic carbocycles. The number of hydrogen-bond donors (Lipinski definition) is 1. The van der Waals surface area contributed by atoms with Gasteiger partial charge in [-0.15, -0.1) is 0 Å². The fourth-order valence-corrected chi connectivity index (χ4v) is 3.73. The Labute approximate surface area is 134 Å². The molecule has 0 radical (unpaired) electrons. The fraction of sp³-hybridized carbons (Fsp3) is 0.200. The summed E-state index contributed by atoms with van der Waals surface area (Å²) in [5.41, 5.74) is -1.90. The lowest BCUT2D eigenvalue weighted by atomic mass is 9.92. The zero-order valence-electron chi connectivity index (χ0n) is 12.6. The molecule has 0 aliphatic heterocycles. The first-order chi connectivity index (χ1) is 10.9. The van der Waals surface area contributed by atoms with E-state index in [0.29, 0.717) is 0 Å². The van der Waals surface area contributed by atoms with Crippen LogP contribution in [-0.4, -0.2) is 13.0 Å². The normalized spacial score (nSPS) is 11.9. The van der Waals surface area contributed by atoms with Gasteiger partial charge >= 0.3 is 0 Å². The van der Waals surface area contributed by atoms with Crippen molar-refractivity contribution in [2.75, 3.05) is 0 Å². The molecule has 0 fully saturated rings. The SMILES string of the molecule is Cc1cc(C)c(S(=O)(=O)O)c(C)c1-c1c(F)c(F)c(F)c(F)c1F. The quantitative estimate of drug-likeness (QED) is 0.375. The lowest BCUT2D eigenvalue weighted by Gasteiger charge is -2.17. The second-order valence-corrected chi connectivity index (χ2v) is 6.62. The highest BCUT2D eigenvalue weighted by Crippen LogP contribution is 2.38. The van der Waals surface area contributed by atoms with E-state index < -0.39 is 55.2 Å². The van der Waals surface area contributed by atoms with Gasteiger partial charge in [-0.2, -0.15) is 8.42 Å². The van der Waals surface area contributed by atoms with E-state index in [1.54, 1.807) is 0 Å². The Morgan fingerprint density at radius 2 is 1.17 bits per heavy atom. The summed E-state index contributed by atoms with van der Waals surface area (Å²) in [6.45, 7) is 3.75. The zero-order chi connectivity index (χ0) is 18.6. The molecule has 130 valence electrons. The van der Waals surface area contributed by atoms with Crippen molar-refractivity contribution in [1.29, 1.82) is 0 Å². The second kappa shape index (κ2) is 5.82. The Balaban J connectivity index is 3.06. The number of benzene rings is 2. The third kappa shape index (κ3) is 2.67. The predicted octanol–water partition coefficient (Wildman–Crippen LogP) is 4.22. The molecule has 2 rings (SSSR count). The molecule has 2 aromatic rings. The van der Waals surface area contributed by atoms with E-state index in [1.165, 1.54) is 19.9 Å². The maximum Gasteiger partial charge on any atom is 0.295 e. The zero-order valence-corrected chi connectivity index (χ0v) is 13.5. The van der Waals surface area contributed by atoms with E-state index in [0.717, 1.165) is 6.92 Å². The van der Waals surface area contributed by atoms with E-state index in [4.69, 9.17) is 0 Å². The number of hydrogen-bond acceptors (Lipinski definition) is 2. The maximum absolute atomic E-state index is 14.0. The summed E-state index contributed by atoms with van der Waals surface area (Å²) < 4.78 is 100. The molecule has 0 aromatic heterocycles. The highest BCUT2D eigenvalue weighted by Gasteiger charge is 2.30. The summed E-state index contributed by atoms with van der Waals surface area (Å²) in [6, 6.07) is 1.17. The first-order valence-corrected chi connectivity index (χ1v) is 7.93. The van der Waals surface area contributed by atoms with Crippen LogP contribution in [0.4, 0.5) is 22.0 Å². The monoisotopic (exact) mass is 366 g/mol. The highest BCUT2D eigenvalue weighted by molar-refractivity contribution is 7.86. The van der Waals surface area contributed by atoms with Gasteiger partial charge in [0.1, 0.15) is 4.90 Å². The highest BCUT2D eigenvalue weighted by atomic mass is 32.2. The molecule has 0 aliphatic rings. The summed E-state index contributed by atoms with van der Waals surface area (Å²) in [5, 5.41) is 0. The van der Waals surface area contributed by atoms with E-state index in [-0.39, 0.29) is 16.7 Å². The summed E-state index contributed by atoms with van der Waals surface area (Å²) in [6.07, 6.45) is 0. The van der Waals surface area contributed by atoms with E-state index in [9.17, 15) is 34.9 Å². The van der Waals surface area contributed by atoms with Gasteiger partial charge in [0.05, 0.1) is 5.56 Å². The molecule has 3 nitrogen and oxygen atoms in total. The minimum atomic E-state index is -4.77. The molecule has 24 heavy (non-hydrogen) atoms. The van der Waals surface area contributed by atoms with Crippen molar-refractivity contribution < 1.29 is 34.9 Å². The minimum Gasteiger partial charge on any atom is -0.282 e. The van der Waals surface area contributed by atoms with Gasteiger partial charge in [-0.3, -0.25) is 4.55 Å². The molecule has 0 amide bonds. The average molecular weight is 366 g/mol. The van der Waals surface area contributed by atoms with Gasteiger partial charge in [-0.05, 0) is 43.0 Å². The van der Waals surface area contributed by atoms with Gasteiger partial charge in [-0.1, -0.05) is 6.07 Å². The molecule has 0 bridgehead atoms. The largest absolute Gasteiger partial charge is 0.295 e. The first kappa shape index (κ1) is 18.3. The van der Waals surface area contributed by atoms with Crippen molar-refractivity contribution in [1.82, 2.24) is 0 Å². The van der Waals surface area contributed by atoms with Gasteiger partial charge in [0.25, 0.3) is 10.1 Å². The molecule has 0 spiro atoms. The molecule has 0 saturated carbocycles. The van der Waals surface area contributed by atoms with Gasteiger partial charge < -0.3 is 0 Å². The van der Waals surface area contributed by atoms with Crippen molar-refractivity contribution in [2.45, 2.75) is 25.7 Å². The number of halogens is 5. The van der Waals surface area contributed by atoms with Crippen molar-refractivity contribution in [3.8, 4) is 11.1 Å². The Kier molecular flexibility index (Phi) is 4.45. The Bertz CT molecular complexity index is 939. The second-order valence-electron chi connectivity index (χ2n) is 5.26. The molecular formula is C15H11F5O3S. The van der Waals surface area contributed by atoms with Crippen LogP contribution >= 0.6 is 0 Å². The van der Waals surface area contributed by atoms with Crippen LogP contribution in [0.5, 0.6) is 0 Å². The summed E-state index contributed by atoms with van der Waals surface area (Å²) in [5.74, 6) is -10.8. The van der Waals surface area contributed by atoms with Gasteiger partial charge in [0, 0.05) is 0 Å². The third-order valence-corrected chi connectivity index (χ3v) is 4.76. The van der Waals surface area contributed by atoms with Crippen LogP contribution in [0.2, 0.25) is 0 Å². The van der Waals surface area contributed by atoms with Gasteiger partial charge in [0.2, 0.25) is 5.82 Å². The molecule has 2 aromatic carbocycles. The lowest BCUT2D eigenvalue weighted by molar-refractivity contribution is 0.381. The molecule has 9 heteroatoms. The molecule has 0 heterocycles. The first-order valence-electron chi connectivity index (χ1n) is 6.49. The molecule has 0 unspecified atom stereocenters. The van der Waals surface area contributed by atoms with Crippen molar-refractivity contribution in [2.24, 2.45) is 0 Å². The standard InChI is InChI=1S/C15H11F5O3S/c1-5-4-6(2)15(24(21,22)23)7(3)8(5)9-10(16)12(18)14(20)13(19)11(9)17/h4H,1-3H3,(H,21,22,23). The lowest BCUT2D eigenvalue weighted by Crippen LogP contribution is -2.10. The van der Waals surface area contributed by atoms with Crippen LogP contribution in [0.1, 0.15) is 16.7 Å². The molecular weight excluding hydrogens is 355 g/mol. The number of aryl methyl sites for hydroxylation is 2. The Morgan fingerprint density at radius 3 is 1.58 bits per heavy atom. The van der Waals surface area contributed by atoms with Crippen LogP contribution in [0.15, 0.2) is 11.0 Å². The molecule has 0 saturated heterocycles. The fourth-order valence-electron chi connectivity index (χ4n) is 2.77. The van der Waals surface area contributed by atoms with Gasteiger partial charge in [-0.25, -0.2) is 22.0 Å². The molecule has 0 atom stereocenters. The molecule has 1 N–H and O–H groups in total. The van der Waals surface area contributed by atoms with Crippen molar-refractivity contribution >= 4 is 10.1 Å². The van der Waals surface area contributed by atoms with Crippen LogP contribution in [0.25, 0.3) is 11.1 Å². The Hall–Kier alpha value is -2.00. The van der Waals surface area contributed by atoms with Crippen LogP contribution in [0, 0.1) is 49.9 Å². The summed E-state index contributed by atoms with van der Waals surface area (Å²) in [4.78, 5) is -0.646. The maximum atomic E-state index is 14.0. The van der Waals surface area contributed by atoms with Crippen molar-refractivity contribution in [3.05, 3.63) is 51.8 Å². The summed E-state index contributed by atoms with van der Waals surface area (Å²) in [7, 11) is -4.77. The van der Waals surface area contributed by atoms with Crippen LogP contribution in [-0.2, 0) is 10.1 Å². The van der Waals surface area contributed by atoms with Gasteiger partial charge in [0.15, 0.2) is 23.3 Å². The topological polar surface area (TPSA) is 54.4 Å².